The molecule has 68 valence electrons. The fourth-order valence-electron chi connectivity index (χ4n) is 0.983. The topological polar surface area (TPSA) is 66.5 Å². The summed E-state index contributed by atoms with van der Waals surface area (Å²) in [6, 6.07) is 0. The second kappa shape index (κ2) is 6.58. The molecule has 4 N–H and O–H groups in total. The highest BCUT2D eigenvalue weighted by atomic mass is 16.3. The first kappa shape index (κ1) is 10.9. The van der Waals surface area contributed by atoms with Crippen molar-refractivity contribution in [2.24, 2.45) is 11.7 Å². The Morgan fingerprint density at radius 1 is 1.36 bits per heavy atom. The van der Waals surface area contributed by atoms with E-state index in [0.717, 1.165) is 19.3 Å². The smallest absolute Gasteiger partial charge is 0.0796 e. The maximum atomic E-state index is 9.14. The number of unbranched alkanes of at least 4 members (excludes halogenated alkanes) is 1. The minimum atomic E-state index is -0.562. The van der Waals surface area contributed by atoms with Crippen LogP contribution in [0.25, 0.3) is 0 Å². The Bertz CT molecular complexity index is 88.2. The zero-order valence-corrected chi connectivity index (χ0v) is 7.16. The summed E-state index contributed by atoms with van der Waals surface area (Å²) < 4.78 is 0. The highest BCUT2D eigenvalue weighted by Crippen LogP contribution is 2.11. The zero-order valence-electron chi connectivity index (χ0n) is 7.16. The van der Waals surface area contributed by atoms with E-state index in [1.54, 1.807) is 0 Å². The third kappa shape index (κ3) is 5.18. The van der Waals surface area contributed by atoms with E-state index in [4.69, 9.17) is 15.9 Å². The van der Waals surface area contributed by atoms with Crippen molar-refractivity contribution in [3.63, 3.8) is 0 Å². The monoisotopic (exact) mass is 161 g/mol. The van der Waals surface area contributed by atoms with Gasteiger partial charge in [0.1, 0.15) is 0 Å². The maximum absolute atomic E-state index is 9.14. The highest BCUT2D eigenvalue weighted by Gasteiger charge is 2.11. The molecule has 11 heavy (non-hydrogen) atoms. The molecule has 0 bridgehead atoms. The van der Waals surface area contributed by atoms with Crippen molar-refractivity contribution in [1.82, 2.24) is 0 Å². The molecule has 0 aliphatic carbocycles. The lowest BCUT2D eigenvalue weighted by atomic mass is 9.98. The van der Waals surface area contributed by atoms with Crippen LogP contribution >= 0.6 is 0 Å². The number of hydrogen-bond acceptors (Lipinski definition) is 3. The van der Waals surface area contributed by atoms with Crippen molar-refractivity contribution < 1.29 is 10.2 Å². The molecule has 2 unspecified atom stereocenters. The van der Waals surface area contributed by atoms with Crippen molar-refractivity contribution in [1.29, 1.82) is 0 Å². The molecule has 3 heteroatoms. The Labute approximate surface area is 68.2 Å². The van der Waals surface area contributed by atoms with Crippen LogP contribution in [-0.4, -0.2) is 29.5 Å². The van der Waals surface area contributed by atoms with Crippen molar-refractivity contribution >= 4 is 0 Å². The summed E-state index contributed by atoms with van der Waals surface area (Å²) in [6.07, 6.45) is 2.42. The van der Waals surface area contributed by atoms with E-state index in [0.29, 0.717) is 6.54 Å². The van der Waals surface area contributed by atoms with E-state index in [-0.39, 0.29) is 12.5 Å². The summed E-state index contributed by atoms with van der Waals surface area (Å²) in [4.78, 5) is 0. The van der Waals surface area contributed by atoms with E-state index >= 15 is 0 Å². The molecule has 0 aliphatic rings. The van der Waals surface area contributed by atoms with Crippen LogP contribution < -0.4 is 5.73 Å². The van der Waals surface area contributed by atoms with Crippen molar-refractivity contribution in [3.05, 3.63) is 0 Å². The summed E-state index contributed by atoms with van der Waals surface area (Å²) in [6.45, 7) is 2.52. The van der Waals surface area contributed by atoms with Crippen LogP contribution in [0.5, 0.6) is 0 Å². The van der Waals surface area contributed by atoms with Crippen LogP contribution in [0.1, 0.15) is 26.2 Å². The summed E-state index contributed by atoms with van der Waals surface area (Å²) in [7, 11) is 0. The molecule has 0 radical (unpaired) electrons. The van der Waals surface area contributed by atoms with E-state index in [1.165, 1.54) is 0 Å². The molecule has 0 aromatic carbocycles. The minimum Gasteiger partial charge on any atom is -0.394 e. The maximum Gasteiger partial charge on any atom is 0.0796 e. The third-order valence-corrected chi connectivity index (χ3v) is 1.96. The molecule has 2 atom stereocenters. The largest absolute Gasteiger partial charge is 0.394 e. The standard InChI is InChI=1S/C8H19NO2/c1-7(8(11)6-10)4-2-3-5-9/h7-8,10-11H,2-6,9H2,1H3. The Hall–Kier alpha value is -0.120. The van der Waals surface area contributed by atoms with Crippen LogP contribution in [0.3, 0.4) is 0 Å². The van der Waals surface area contributed by atoms with Crippen LogP contribution in [0.2, 0.25) is 0 Å². The van der Waals surface area contributed by atoms with Gasteiger partial charge in [-0.25, -0.2) is 0 Å². The Morgan fingerprint density at radius 3 is 2.45 bits per heavy atom. The first-order valence-electron chi connectivity index (χ1n) is 4.21. The third-order valence-electron chi connectivity index (χ3n) is 1.96. The molecule has 0 saturated heterocycles. The second-order valence-corrected chi connectivity index (χ2v) is 3.01. The van der Waals surface area contributed by atoms with E-state index in [2.05, 4.69) is 0 Å². The summed E-state index contributed by atoms with van der Waals surface area (Å²) >= 11 is 0. The Kier molecular flexibility index (Phi) is 6.51. The lowest BCUT2D eigenvalue weighted by Gasteiger charge is -2.15. The minimum absolute atomic E-state index is 0.135. The molecular weight excluding hydrogens is 142 g/mol. The van der Waals surface area contributed by atoms with Crippen LogP contribution in [0.15, 0.2) is 0 Å². The Morgan fingerprint density at radius 2 is 2.00 bits per heavy atom. The van der Waals surface area contributed by atoms with Gasteiger partial charge in [0.15, 0.2) is 0 Å². The molecule has 0 saturated carbocycles. The van der Waals surface area contributed by atoms with Gasteiger partial charge in [-0.2, -0.15) is 0 Å². The average molecular weight is 161 g/mol. The van der Waals surface area contributed by atoms with Gasteiger partial charge in [0.2, 0.25) is 0 Å². The van der Waals surface area contributed by atoms with E-state index < -0.39 is 6.10 Å². The average Bonchev–Trinajstić information content (AvgIpc) is 2.03. The lowest BCUT2D eigenvalue weighted by molar-refractivity contribution is 0.0496. The predicted molar refractivity (Wildman–Crippen MR) is 45.2 cm³/mol. The molecule has 0 heterocycles. The Balaban J connectivity index is 3.28. The van der Waals surface area contributed by atoms with Crippen LogP contribution in [0.4, 0.5) is 0 Å². The summed E-state index contributed by atoms with van der Waals surface area (Å²) in [5.41, 5.74) is 5.31. The van der Waals surface area contributed by atoms with Crippen LogP contribution in [-0.2, 0) is 0 Å². The first-order valence-corrected chi connectivity index (χ1v) is 4.21. The fraction of sp³-hybridized carbons (Fsp3) is 1.00. The van der Waals surface area contributed by atoms with E-state index in [9.17, 15) is 0 Å². The number of aliphatic hydroxyl groups excluding tert-OH is 2. The second-order valence-electron chi connectivity index (χ2n) is 3.01. The summed E-state index contributed by atoms with van der Waals surface area (Å²) in [5.74, 6) is 0.187. The molecule has 3 nitrogen and oxygen atoms in total. The van der Waals surface area contributed by atoms with Gasteiger partial charge >= 0.3 is 0 Å². The number of hydrogen-bond donors (Lipinski definition) is 3. The zero-order chi connectivity index (χ0) is 8.69. The van der Waals surface area contributed by atoms with Crippen molar-refractivity contribution in [2.75, 3.05) is 13.2 Å². The molecule has 0 aromatic rings. The molecule has 0 fully saturated rings. The molecule has 0 aliphatic heterocycles. The van der Waals surface area contributed by atoms with Crippen molar-refractivity contribution in [2.45, 2.75) is 32.3 Å². The van der Waals surface area contributed by atoms with E-state index in [1.807, 2.05) is 6.92 Å². The number of aliphatic hydroxyl groups is 2. The lowest BCUT2D eigenvalue weighted by Crippen LogP contribution is -2.21. The van der Waals surface area contributed by atoms with Gasteiger partial charge in [0, 0.05) is 0 Å². The SMILES string of the molecule is CC(CCCCN)C(O)CO. The van der Waals surface area contributed by atoms with Crippen LogP contribution in [0, 0.1) is 5.92 Å². The summed E-state index contributed by atoms with van der Waals surface area (Å²) in [5, 5.41) is 17.7. The normalized spacial score (nSPS) is 16.4. The van der Waals surface area contributed by atoms with Gasteiger partial charge in [0.25, 0.3) is 0 Å². The highest BCUT2D eigenvalue weighted by molar-refractivity contribution is 4.62. The number of rotatable bonds is 6. The molecule has 0 rings (SSSR count). The molecular formula is C8H19NO2. The molecule has 0 spiro atoms. The number of nitrogens with two attached hydrogens (primary N) is 1. The van der Waals surface area contributed by atoms with Gasteiger partial charge in [-0.1, -0.05) is 13.3 Å². The quantitative estimate of drug-likeness (QED) is 0.484. The van der Waals surface area contributed by atoms with Gasteiger partial charge < -0.3 is 15.9 Å². The van der Waals surface area contributed by atoms with Crippen molar-refractivity contribution in [3.8, 4) is 0 Å². The van der Waals surface area contributed by atoms with Gasteiger partial charge in [0.05, 0.1) is 12.7 Å². The van der Waals surface area contributed by atoms with Gasteiger partial charge in [-0.05, 0) is 25.3 Å². The van der Waals surface area contributed by atoms with Gasteiger partial charge in [-0.15, -0.1) is 0 Å². The fourth-order valence-corrected chi connectivity index (χ4v) is 0.983. The molecule has 0 aromatic heterocycles. The molecule has 0 amide bonds. The van der Waals surface area contributed by atoms with Gasteiger partial charge in [-0.3, -0.25) is 0 Å². The predicted octanol–water partition coefficient (Wildman–Crippen LogP) is 0.105. The first-order chi connectivity index (χ1) is 5.22.